The molecule has 0 spiro atoms. The normalized spacial score (nSPS) is 10.1. The molecule has 1 N–H and O–H groups in total. The Bertz CT molecular complexity index is 659. The SMILES string of the molecule is O=C(NCCc1ccc([N+](=O)[O-])cc1)c1cc(Cl)ccn1. The Labute approximate surface area is 125 Å². The summed E-state index contributed by atoms with van der Waals surface area (Å²) in [6.45, 7) is 0.408. The fourth-order valence-electron chi connectivity index (χ4n) is 1.72. The van der Waals surface area contributed by atoms with E-state index < -0.39 is 4.92 Å². The Morgan fingerprint density at radius 2 is 2.00 bits per heavy atom. The summed E-state index contributed by atoms with van der Waals surface area (Å²) >= 11 is 5.78. The van der Waals surface area contributed by atoms with Gasteiger partial charge in [-0.15, -0.1) is 0 Å². The van der Waals surface area contributed by atoms with Gasteiger partial charge in [0.05, 0.1) is 4.92 Å². The molecule has 0 saturated carbocycles. The highest BCUT2D eigenvalue weighted by Gasteiger charge is 2.07. The molecule has 0 unspecified atom stereocenters. The number of nitro benzene ring substituents is 1. The van der Waals surface area contributed by atoms with Gasteiger partial charge in [0.25, 0.3) is 11.6 Å². The standard InChI is InChI=1S/C14H12ClN3O3/c15-11-6-8-16-13(9-11)14(19)17-7-5-10-1-3-12(4-2-10)18(20)21/h1-4,6,8-9H,5,7H2,(H,17,19). The summed E-state index contributed by atoms with van der Waals surface area (Å²) in [7, 11) is 0. The van der Waals surface area contributed by atoms with Gasteiger partial charge in [-0.05, 0) is 24.1 Å². The van der Waals surface area contributed by atoms with Gasteiger partial charge in [0.15, 0.2) is 0 Å². The van der Waals surface area contributed by atoms with E-state index in [1.54, 1.807) is 18.2 Å². The van der Waals surface area contributed by atoms with Crippen LogP contribution in [0.25, 0.3) is 0 Å². The number of carbonyl (C=O) groups is 1. The summed E-state index contributed by atoms with van der Waals surface area (Å²) in [6.07, 6.45) is 2.04. The van der Waals surface area contributed by atoms with Gasteiger partial charge in [-0.3, -0.25) is 19.9 Å². The van der Waals surface area contributed by atoms with Gasteiger partial charge in [-0.2, -0.15) is 0 Å². The predicted octanol–water partition coefficient (Wildman–Crippen LogP) is 2.62. The molecule has 2 rings (SSSR count). The zero-order chi connectivity index (χ0) is 15.2. The Hall–Kier alpha value is -2.47. The van der Waals surface area contributed by atoms with Gasteiger partial charge in [-0.1, -0.05) is 23.7 Å². The van der Waals surface area contributed by atoms with E-state index in [-0.39, 0.29) is 17.3 Å². The van der Waals surface area contributed by atoms with Crippen LogP contribution in [0.4, 0.5) is 5.69 Å². The van der Waals surface area contributed by atoms with Crippen molar-refractivity contribution >= 4 is 23.2 Å². The minimum absolute atomic E-state index is 0.0471. The van der Waals surface area contributed by atoms with Crippen molar-refractivity contribution in [3.63, 3.8) is 0 Å². The molecule has 0 aliphatic carbocycles. The highest BCUT2D eigenvalue weighted by Crippen LogP contribution is 2.12. The molecule has 21 heavy (non-hydrogen) atoms. The van der Waals surface area contributed by atoms with E-state index in [0.29, 0.717) is 18.0 Å². The maximum atomic E-state index is 11.8. The smallest absolute Gasteiger partial charge is 0.269 e. The summed E-state index contributed by atoms with van der Waals surface area (Å²) in [5.74, 6) is -0.306. The van der Waals surface area contributed by atoms with E-state index in [4.69, 9.17) is 11.6 Å². The Kier molecular flexibility index (Phi) is 4.84. The van der Waals surface area contributed by atoms with Crippen molar-refractivity contribution in [2.75, 3.05) is 6.54 Å². The first-order valence-corrected chi connectivity index (χ1v) is 6.57. The summed E-state index contributed by atoms with van der Waals surface area (Å²) in [6, 6.07) is 9.30. The number of amides is 1. The molecule has 0 atom stereocenters. The van der Waals surface area contributed by atoms with Crippen molar-refractivity contribution in [1.29, 1.82) is 0 Å². The van der Waals surface area contributed by atoms with E-state index in [9.17, 15) is 14.9 Å². The topological polar surface area (TPSA) is 85.1 Å². The minimum atomic E-state index is -0.448. The highest BCUT2D eigenvalue weighted by atomic mass is 35.5. The molecule has 0 radical (unpaired) electrons. The van der Waals surface area contributed by atoms with E-state index in [1.807, 2.05) is 0 Å². The number of hydrogen-bond donors (Lipinski definition) is 1. The van der Waals surface area contributed by atoms with Crippen molar-refractivity contribution in [3.8, 4) is 0 Å². The molecule has 0 fully saturated rings. The zero-order valence-electron chi connectivity index (χ0n) is 11.0. The molecule has 2 aromatic rings. The molecule has 7 heteroatoms. The Morgan fingerprint density at radius 1 is 1.29 bits per heavy atom. The van der Waals surface area contributed by atoms with Crippen LogP contribution < -0.4 is 5.32 Å². The van der Waals surface area contributed by atoms with Gasteiger partial charge < -0.3 is 5.32 Å². The van der Waals surface area contributed by atoms with Gasteiger partial charge in [0.1, 0.15) is 5.69 Å². The number of halogens is 1. The van der Waals surface area contributed by atoms with Gasteiger partial charge in [0, 0.05) is 29.9 Å². The fourth-order valence-corrected chi connectivity index (χ4v) is 1.88. The minimum Gasteiger partial charge on any atom is -0.350 e. The maximum absolute atomic E-state index is 11.8. The van der Waals surface area contributed by atoms with E-state index >= 15 is 0 Å². The fraction of sp³-hybridized carbons (Fsp3) is 0.143. The average Bonchev–Trinajstić information content (AvgIpc) is 2.47. The van der Waals surface area contributed by atoms with Crippen LogP contribution in [0, 0.1) is 10.1 Å². The predicted molar refractivity (Wildman–Crippen MR) is 78.4 cm³/mol. The van der Waals surface area contributed by atoms with Gasteiger partial charge in [0.2, 0.25) is 0 Å². The Balaban J connectivity index is 1.86. The lowest BCUT2D eigenvalue weighted by atomic mass is 10.1. The number of pyridine rings is 1. The van der Waals surface area contributed by atoms with Crippen LogP contribution in [0.15, 0.2) is 42.6 Å². The van der Waals surface area contributed by atoms with Crippen LogP contribution in [0.3, 0.4) is 0 Å². The van der Waals surface area contributed by atoms with Crippen molar-refractivity contribution in [1.82, 2.24) is 10.3 Å². The number of aromatic nitrogens is 1. The summed E-state index contributed by atoms with van der Waals surface area (Å²) in [5, 5.41) is 13.7. The number of nitrogens with zero attached hydrogens (tertiary/aromatic N) is 2. The molecule has 0 aliphatic rings. The molecule has 0 saturated heterocycles. The maximum Gasteiger partial charge on any atom is 0.269 e. The van der Waals surface area contributed by atoms with Gasteiger partial charge in [-0.25, -0.2) is 0 Å². The van der Waals surface area contributed by atoms with Crippen molar-refractivity contribution in [3.05, 3.63) is 69.0 Å². The molecular formula is C14H12ClN3O3. The third-order valence-electron chi connectivity index (χ3n) is 2.80. The number of benzene rings is 1. The van der Waals surface area contributed by atoms with E-state index in [0.717, 1.165) is 5.56 Å². The summed E-state index contributed by atoms with van der Waals surface area (Å²) in [4.78, 5) is 25.8. The molecule has 6 nitrogen and oxygen atoms in total. The zero-order valence-corrected chi connectivity index (χ0v) is 11.7. The van der Waals surface area contributed by atoms with Crippen LogP contribution in [0.5, 0.6) is 0 Å². The average molecular weight is 306 g/mol. The molecule has 1 aromatic heterocycles. The second-order valence-electron chi connectivity index (χ2n) is 4.29. The van der Waals surface area contributed by atoms with Crippen molar-refractivity contribution in [2.45, 2.75) is 6.42 Å². The van der Waals surface area contributed by atoms with Crippen LogP contribution in [-0.2, 0) is 6.42 Å². The molecule has 0 aliphatic heterocycles. The third kappa shape index (κ3) is 4.25. The highest BCUT2D eigenvalue weighted by molar-refractivity contribution is 6.30. The van der Waals surface area contributed by atoms with Crippen LogP contribution in [-0.4, -0.2) is 22.4 Å². The van der Waals surface area contributed by atoms with Crippen LogP contribution >= 0.6 is 11.6 Å². The quantitative estimate of drug-likeness (QED) is 0.679. The summed E-state index contributed by atoms with van der Waals surface area (Å²) in [5.41, 5.74) is 1.21. The number of nitrogens with one attached hydrogen (secondary N) is 1. The second kappa shape index (κ2) is 6.81. The first kappa shape index (κ1) is 14.9. The third-order valence-corrected chi connectivity index (χ3v) is 3.04. The number of rotatable bonds is 5. The molecule has 1 heterocycles. The van der Waals surface area contributed by atoms with E-state index in [2.05, 4.69) is 10.3 Å². The first-order valence-electron chi connectivity index (χ1n) is 6.19. The number of carbonyl (C=O) groups excluding carboxylic acids is 1. The second-order valence-corrected chi connectivity index (χ2v) is 4.73. The summed E-state index contributed by atoms with van der Waals surface area (Å²) < 4.78 is 0. The molecule has 108 valence electrons. The van der Waals surface area contributed by atoms with Gasteiger partial charge >= 0.3 is 0 Å². The molecule has 0 bridgehead atoms. The monoisotopic (exact) mass is 305 g/mol. The largest absolute Gasteiger partial charge is 0.350 e. The first-order chi connectivity index (χ1) is 10.1. The molecular weight excluding hydrogens is 294 g/mol. The lowest BCUT2D eigenvalue weighted by Crippen LogP contribution is -2.26. The Morgan fingerprint density at radius 3 is 2.62 bits per heavy atom. The lowest BCUT2D eigenvalue weighted by molar-refractivity contribution is -0.384. The number of hydrogen-bond acceptors (Lipinski definition) is 4. The molecule has 1 aromatic carbocycles. The lowest BCUT2D eigenvalue weighted by Gasteiger charge is -2.05. The van der Waals surface area contributed by atoms with Crippen molar-refractivity contribution in [2.24, 2.45) is 0 Å². The number of nitro groups is 1. The van der Waals surface area contributed by atoms with Crippen LogP contribution in [0.2, 0.25) is 5.02 Å². The number of non-ortho nitro benzene ring substituents is 1. The van der Waals surface area contributed by atoms with E-state index in [1.165, 1.54) is 24.4 Å². The molecule has 1 amide bonds. The van der Waals surface area contributed by atoms with Crippen molar-refractivity contribution < 1.29 is 9.72 Å². The van der Waals surface area contributed by atoms with Crippen LogP contribution in [0.1, 0.15) is 16.1 Å².